The van der Waals surface area contributed by atoms with E-state index in [0.29, 0.717) is 17.9 Å². The Kier molecular flexibility index (Phi) is 4.39. The summed E-state index contributed by atoms with van der Waals surface area (Å²) in [7, 11) is 0. The van der Waals surface area contributed by atoms with Gasteiger partial charge in [0.05, 0.1) is 0 Å². The van der Waals surface area contributed by atoms with Crippen LogP contribution in [0.15, 0.2) is 0 Å². The van der Waals surface area contributed by atoms with Crippen molar-refractivity contribution in [3.05, 3.63) is 0 Å². The van der Waals surface area contributed by atoms with Crippen LogP contribution in [-0.2, 0) is 0 Å². The zero-order chi connectivity index (χ0) is 11.4. The second-order valence-electron chi connectivity index (χ2n) is 5.07. The van der Waals surface area contributed by atoms with Crippen molar-refractivity contribution in [3.63, 3.8) is 0 Å². The fraction of sp³-hybridized carbons (Fsp3) is 0.909. The highest BCUT2D eigenvalue weighted by Crippen LogP contribution is 2.33. The average Bonchev–Trinajstić information content (AvgIpc) is 2.14. The molecule has 4 heteroatoms. The lowest BCUT2D eigenvalue weighted by atomic mass is 9.74. The van der Waals surface area contributed by atoms with E-state index in [9.17, 15) is 4.79 Å². The van der Waals surface area contributed by atoms with Crippen LogP contribution in [0, 0.1) is 17.8 Å². The predicted molar refractivity (Wildman–Crippen MR) is 61.0 cm³/mol. The van der Waals surface area contributed by atoms with Crippen LogP contribution in [0.1, 0.15) is 40.0 Å². The third-order valence-corrected chi connectivity index (χ3v) is 3.40. The molecule has 3 atom stereocenters. The summed E-state index contributed by atoms with van der Waals surface area (Å²) in [4.78, 5) is 10.6. The maximum Gasteiger partial charge on any atom is 0.326 e. The van der Waals surface area contributed by atoms with Gasteiger partial charge in [0.1, 0.15) is 0 Å². The first-order chi connectivity index (χ1) is 7.00. The molecule has 0 bridgehead atoms. The summed E-state index contributed by atoms with van der Waals surface area (Å²) in [6.07, 6.45) is 3.64. The summed E-state index contributed by atoms with van der Waals surface area (Å²) in [5.74, 6) is 2.00. The molecule has 15 heavy (non-hydrogen) atoms. The van der Waals surface area contributed by atoms with Crippen LogP contribution >= 0.6 is 0 Å². The van der Waals surface area contributed by atoms with E-state index in [1.807, 2.05) is 0 Å². The van der Waals surface area contributed by atoms with Gasteiger partial charge in [0.15, 0.2) is 0 Å². The number of urea groups is 1. The Morgan fingerprint density at radius 2 is 2.07 bits per heavy atom. The van der Waals surface area contributed by atoms with Crippen LogP contribution in [0.25, 0.3) is 0 Å². The number of carbonyl (C=O) groups excluding carboxylic acids is 1. The molecular weight excluding hydrogens is 190 g/mol. The lowest BCUT2D eigenvalue weighted by Crippen LogP contribution is -2.52. The highest BCUT2D eigenvalue weighted by Gasteiger charge is 2.30. The smallest absolute Gasteiger partial charge is 0.326 e. The van der Waals surface area contributed by atoms with E-state index < -0.39 is 6.03 Å². The highest BCUT2D eigenvalue weighted by molar-refractivity contribution is 5.70. The lowest BCUT2D eigenvalue weighted by molar-refractivity contribution is 0.158. The van der Waals surface area contributed by atoms with Gasteiger partial charge in [0.2, 0.25) is 0 Å². The minimum absolute atomic E-state index is 0.362. The Hall–Kier alpha value is -0.770. The molecule has 1 saturated carbocycles. The topological polar surface area (TPSA) is 67.2 Å². The molecule has 0 aromatic heterocycles. The zero-order valence-electron chi connectivity index (χ0n) is 9.92. The van der Waals surface area contributed by atoms with Crippen molar-refractivity contribution in [2.24, 2.45) is 23.5 Å². The standard InChI is InChI=1S/C11H23N3O/c1-7(2)9-5-4-8(3)6-10(9)13-14-11(12)15/h7-10,13H,4-6H2,1-3H3,(H3,12,14,15)/t8-,9+,10-/m0/s1. The van der Waals surface area contributed by atoms with Crippen molar-refractivity contribution >= 4 is 6.03 Å². The Bertz CT molecular complexity index is 218. The van der Waals surface area contributed by atoms with E-state index in [-0.39, 0.29) is 0 Å². The molecular formula is C11H23N3O. The van der Waals surface area contributed by atoms with Gasteiger partial charge in [-0.05, 0) is 30.6 Å². The van der Waals surface area contributed by atoms with Crippen molar-refractivity contribution in [2.75, 3.05) is 0 Å². The maximum absolute atomic E-state index is 10.6. The van der Waals surface area contributed by atoms with Gasteiger partial charge in [0, 0.05) is 6.04 Å². The van der Waals surface area contributed by atoms with E-state index in [1.165, 1.54) is 12.8 Å². The number of hydrogen-bond acceptors (Lipinski definition) is 2. The molecule has 0 spiro atoms. The van der Waals surface area contributed by atoms with Gasteiger partial charge < -0.3 is 5.73 Å². The second kappa shape index (κ2) is 5.35. The summed E-state index contributed by atoms with van der Waals surface area (Å²) in [6.45, 7) is 6.73. The molecule has 4 nitrogen and oxygen atoms in total. The van der Waals surface area contributed by atoms with Crippen LogP contribution in [0.5, 0.6) is 0 Å². The molecule has 4 N–H and O–H groups in total. The minimum Gasteiger partial charge on any atom is -0.351 e. The lowest BCUT2D eigenvalue weighted by Gasteiger charge is -2.37. The van der Waals surface area contributed by atoms with E-state index in [2.05, 4.69) is 31.6 Å². The molecule has 1 aliphatic carbocycles. The van der Waals surface area contributed by atoms with Crippen LogP contribution in [-0.4, -0.2) is 12.1 Å². The van der Waals surface area contributed by atoms with Gasteiger partial charge in [-0.2, -0.15) is 0 Å². The Balaban J connectivity index is 2.50. The number of primary amides is 1. The van der Waals surface area contributed by atoms with Gasteiger partial charge in [-0.25, -0.2) is 10.2 Å². The molecule has 1 fully saturated rings. The molecule has 1 rings (SSSR count). The van der Waals surface area contributed by atoms with Gasteiger partial charge in [-0.1, -0.05) is 27.2 Å². The van der Waals surface area contributed by atoms with Crippen LogP contribution in [0.4, 0.5) is 4.79 Å². The van der Waals surface area contributed by atoms with Crippen molar-refractivity contribution < 1.29 is 4.79 Å². The van der Waals surface area contributed by atoms with Crippen molar-refractivity contribution in [3.8, 4) is 0 Å². The molecule has 0 unspecified atom stereocenters. The number of hydrazine groups is 1. The number of nitrogens with one attached hydrogen (secondary N) is 2. The number of nitrogens with two attached hydrogens (primary N) is 1. The van der Waals surface area contributed by atoms with Crippen LogP contribution in [0.2, 0.25) is 0 Å². The Morgan fingerprint density at radius 1 is 1.40 bits per heavy atom. The number of amides is 2. The molecule has 2 amide bonds. The maximum atomic E-state index is 10.6. The first-order valence-electron chi connectivity index (χ1n) is 5.81. The summed E-state index contributed by atoms with van der Waals surface area (Å²) >= 11 is 0. The zero-order valence-corrected chi connectivity index (χ0v) is 9.92. The first-order valence-corrected chi connectivity index (χ1v) is 5.81. The van der Waals surface area contributed by atoms with Crippen molar-refractivity contribution in [2.45, 2.75) is 46.1 Å². The van der Waals surface area contributed by atoms with Crippen molar-refractivity contribution in [1.82, 2.24) is 10.9 Å². The fourth-order valence-electron chi connectivity index (χ4n) is 2.53. The highest BCUT2D eigenvalue weighted by atomic mass is 16.2. The number of hydrogen-bond donors (Lipinski definition) is 3. The molecule has 0 heterocycles. The van der Waals surface area contributed by atoms with Gasteiger partial charge in [0.25, 0.3) is 0 Å². The third-order valence-electron chi connectivity index (χ3n) is 3.40. The van der Waals surface area contributed by atoms with E-state index in [1.54, 1.807) is 0 Å². The SMILES string of the molecule is CC(C)[C@H]1CC[C@H](C)C[C@@H]1NNC(N)=O. The molecule has 1 aliphatic rings. The van der Waals surface area contributed by atoms with Crippen LogP contribution in [0.3, 0.4) is 0 Å². The van der Waals surface area contributed by atoms with Gasteiger partial charge in [-0.15, -0.1) is 0 Å². The monoisotopic (exact) mass is 213 g/mol. The number of rotatable bonds is 3. The summed E-state index contributed by atoms with van der Waals surface area (Å²) in [6, 6.07) is -0.142. The Labute approximate surface area is 92.0 Å². The van der Waals surface area contributed by atoms with Gasteiger partial charge in [-0.3, -0.25) is 5.43 Å². The molecule has 0 radical (unpaired) electrons. The van der Waals surface area contributed by atoms with Crippen molar-refractivity contribution in [1.29, 1.82) is 0 Å². The molecule has 88 valence electrons. The molecule has 0 aromatic rings. The first kappa shape index (κ1) is 12.3. The quantitative estimate of drug-likeness (QED) is 0.624. The molecule has 0 saturated heterocycles. The largest absolute Gasteiger partial charge is 0.351 e. The second-order valence-corrected chi connectivity index (χ2v) is 5.07. The summed E-state index contributed by atoms with van der Waals surface area (Å²) in [5.41, 5.74) is 10.6. The minimum atomic E-state index is -0.504. The normalized spacial score (nSPS) is 31.6. The Morgan fingerprint density at radius 3 is 2.60 bits per heavy atom. The third kappa shape index (κ3) is 3.70. The van der Waals surface area contributed by atoms with E-state index >= 15 is 0 Å². The van der Waals surface area contributed by atoms with E-state index in [0.717, 1.165) is 12.3 Å². The summed E-state index contributed by atoms with van der Waals surface area (Å²) < 4.78 is 0. The average molecular weight is 213 g/mol. The molecule has 0 aromatic carbocycles. The number of carbonyl (C=O) groups is 1. The predicted octanol–water partition coefficient (Wildman–Crippen LogP) is 1.62. The van der Waals surface area contributed by atoms with E-state index in [4.69, 9.17) is 5.73 Å². The fourth-order valence-corrected chi connectivity index (χ4v) is 2.53. The van der Waals surface area contributed by atoms with Gasteiger partial charge >= 0.3 is 6.03 Å². The molecule has 0 aliphatic heterocycles. The summed E-state index contributed by atoms with van der Waals surface area (Å²) in [5, 5.41) is 0. The van der Waals surface area contributed by atoms with Crippen LogP contribution < -0.4 is 16.6 Å².